The minimum Gasteiger partial charge on any atom is -0.379 e. The molecule has 0 bridgehead atoms. The van der Waals surface area contributed by atoms with Gasteiger partial charge < -0.3 is 19.3 Å². The third-order valence-electron chi connectivity index (χ3n) is 2.55. The molecular formula is C10H20N2O2. The quantitative estimate of drug-likeness (QED) is 0.652. The zero-order valence-electron chi connectivity index (χ0n) is 9.43. The van der Waals surface area contributed by atoms with Gasteiger partial charge in [-0.3, -0.25) is 0 Å². The van der Waals surface area contributed by atoms with Gasteiger partial charge in [-0.05, 0) is 6.92 Å². The maximum Gasteiger partial charge on any atom is 0.100 e. The zero-order valence-corrected chi connectivity index (χ0v) is 9.43. The lowest BCUT2D eigenvalue weighted by atomic mass is 10.2. The highest BCUT2D eigenvalue weighted by atomic mass is 16.5. The van der Waals surface area contributed by atoms with Crippen LogP contribution in [-0.2, 0) is 9.47 Å². The van der Waals surface area contributed by atoms with Crippen molar-refractivity contribution in [2.75, 3.05) is 34.5 Å². The highest BCUT2D eigenvalue weighted by Crippen LogP contribution is 2.09. The van der Waals surface area contributed by atoms with E-state index in [-0.39, 0.29) is 12.2 Å². The Morgan fingerprint density at radius 1 is 1.29 bits per heavy atom. The summed E-state index contributed by atoms with van der Waals surface area (Å²) in [6, 6.07) is 0. The first-order valence-corrected chi connectivity index (χ1v) is 4.85. The molecule has 82 valence electrons. The molecule has 2 atom stereocenters. The fourth-order valence-corrected chi connectivity index (χ4v) is 1.51. The first kappa shape index (κ1) is 11.3. The Morgan fingerprint density at radius 2 is 2.00 bits per heavy atom. The van der Waals surface area contributed by atoms with Crippen LogP contribution >= 0.6 is 0 Å². The monoisotopic (exact) mass is 200 g/mol. The fraction of sp³-hybridized carbons (Fsp3) is 0.800. The van der Waals surface area contributed by atoms with Crippen LogP contribution < -0.4 is 0 Å². The van der Waals surface area contributed by atoms with E-state index >= 15 is 0 Å². The summed E-state index contributed by atoms with van der Waals surface area (Å²) in [5.41, 5.74) is 0. The summed E-state index contributed by atoms with van der Waals surface area (Å²) in [7, 11) is 5.49. The third kappa shape index (κ3) is 2.89. The van der Waals surface area contributed by atoms with Crippen LogP contribution in [0.2, 0.25) is 0 Å². The van der Waals surface area contributed by atoms with E-state index in [0.29, 0.717) is 0 Å². The fourth-order valence-electron chi connectivity index (χ4n) is 1.51. The Hall–Kier alpha value is -0.740. The van der Waals surface area contributed by atoms with Gasteiger partial charge in [0.05, 0.1) is 12.8 Å². The van der Waals surface area contributed by atoms with E-state index in [4.69, 9.17) is 9.47 Å². The lowest BCUT2D eigenvalue weighted by molar-refractivity contribution is -0.0374. The van der Waals surface area contributed by atoms with E-state index in [1.165, 1.54) is 0 Å². The van der Waals surface area contributed by atoms with Crippen molar-refractivity contribution in [3.63, 3.8) is 0 Å². The standard InChI is InChI=1S/C10H20N2O2/c1-9(13-3)10(14-4)7-12-6-5-11(2)8-12/h5-6,9-10H,7-8H2,1-4H3. The average molecular weight is 200 g/mol. The molecule has 1 heterocycles. The van der Waals surface area contributed by atoms with Gasteiger partial charge in [-0.2, -0.15) is 0 Å². The van der Waals surface area contributed by atoms with Crippen LogP contribution in [0.4, 0.5) is 0 Å². The summed E-state index contributed by atoms with van der Waals surface area (Å²) in [6.07, 6.45) is 4.38. The molecule has 0 aromatic rings. The number of hydrogen-bond donors (Lipinski definition) is 0. The predicted octanol–water partition coefficient (Wildman–Crippen LogP) is 0.712. The number of methoxy groups -OCH3 is 2. The number of hydrogen-bond acceptors (Lipinski definition) is 4. The highest BCUT2D eigenvalue weighted by Gasteiger charge is 2.20. The molecule has 0 aromatic heterocycles. The Morgan fingerprint density at radius 3 is 2.43 bits per heavy atom. The van der Waals surface area contributed by atoms with Gasteiger partial charge in [-0.1, -0.05) is 0 Å². The summed E-state index contributed by atoms with van der Waals surface area (Å²) >= 11 is 0. The first-order valence-electron chi connectivity index (χ1n) is 4.85. The molecule has 0 saturated heterocycles. The van der Waals surface area contributed by atoms with Gasteiger partial charge in [0.25, 0.3) is 0 Å². The number of rotatable bonds is 5. The molecule has 0 aromatic carbocycles. The second-order valence-electron chi connectivity index (χ2n) is 3.68. The number of ether oxygens (including phenoxy) is 2. The molecule has 14 heavy (non-hydrogen) atoms. The van der Waals surface area contributed by atoms with E-state index in [1.54, 1.807) is 14.2 Å². The maximum atomic E-state index is 5.38. The van der Waals surface area contributed by atoms with Crippen LogP contribution in [0.15, 0.2) is 12.4 Å². The summed E-state index contributed by atoms with van der Waals surface area (Å²) < 4.78 is 10.6. The van der Waals surface area contributed by atoms with Crippen molar-refractivity contribution in [1.82, 2.24) is 9.80 Å². The average Bonchev–Trinajstić information content (AvgIpc) is 2.59. The van der Waals surface area contributed by atoms with Gasteiger partial charge in [0.15, 0.2) is 0 Å². The van der Waals surface area contributed by atoms with Crippen molar-refractivity contribution in [3.8, 4) is 0 Å². The molecule has 2 unspecified atom stereocenters. The molecule has 1 aliphatic rings. The Labute approximate surface area is 86.1 Å². The molecule has 0 aliphatic carbocycles. The lowest BCUT2D eigenvalue weighted by Gasteiger charge is -2.27. The summed E-state index contributed by atoms with van der Waals surface area (Å²) in [4.78, 5) is 4.34. The molecule has 4 heteroatoms. The van der Waals surface area contributed by atoms with Gasteiger partial charge in [0, 0.05) is 40.2 Å². The van der Waals surface area contributed by atoms with Gasteiger partial charge in [0.2, 0.25) is 0 Å². The predicted molar refractivity (Wildman–Crippen MR) is 55.7 cm³/mol. The van der Waals surface area contributed by atoms with Crippen LogP contribution in [0.5, 0.6) is 0 Å². The maximum absolute atomic E-state index is 5.38. The smallest absolute Gasteiger partial charge is 0.100 e. The summed E-state index contributed by atoms with van der Waals surface area (Å²) in [5, 5.41) is 0. The Kier molecular flexibility index (Phi) is 4.22. The van der Waals surface area contributed by atoms with Crippen molar-refractivity contribution in [3.05, 3.63) is 12.4 Å². The second-order valence-corrected chi connectivity index (χ2v) is 3.68. The van der Waals surface area contributed by atoms with Crippen LogP contribution in [0.25, 0.3) is 0 Å². The molecule has 4 nitrogen and oxygen atoms in total. The zero-order chi connectivity index (χ0) is 10.6. The summed E-state index contributed by atoms with van der Waals surface area (Å²) in [6.45, 7) is 3.82. The van der Waals surface area contributed by atoms with Gasteiger partial charge in [-0.25, -0.2) is 0 Å². The van der Waals surface area contributed by atoms with E-state index < -0.39 is 0 Å². The van der Waals surface area contributed by atoms with E-state index in [9.17, 15) is 0 Å². The first-order chi connectivity index (χ1) is 6.67. The molecular weight excluding hydrogens is 180 g/mol. The minimum atomic E-state index is 0.121. The van der Waals surface area contributed by atoms with Crippen LogP contribution in [0.1, 0.15) is 6.92 Å². The minimum absolute atomic E-state index is 0.121. The third-order valence-corrected chi connectivity index (χ3v) is 2.55. The van der Waals surface area contributed by atoms with Crippen molar-refractivity contribution in [2.45, 2.75) is 19.1 Å². The molecule has 0 amide bonds. The van der Waals surface area contributed by atoms with Crippen LogP contribution in [0.3, 0.4) is 0 Å². The Balaban J connectivity index is 2.37. The molecule has 0 fully saturated rings. The van der Waals surface area contributed by atoms with Crippen LogP contribution in [0, 0.1) is 0 Å². The molecule has 1 rings (SSSR count). The molecule has 1 aliphatic heterocycles. The van der Waals surface area contributed by atoms with Crippen molar-refractivity contribution in [1.29, 1.82) is 0 Å². The van der Waals surface area contributed by atoms with E-state index in [2.05, 4.69) is 29.2 Å². The molecule has 0 N–H and O–H groups in total. The molecule has 0 radical (unpaired) electrons. The van der Waals surface area contributed by atoms with Gasteiger partial charge in [-0.15, -0.1) is 0 Å². The second kappa shape index (κ2) is 5.22. The van der Waals surface area contributed by atoms with Crippen molar-refractivity contribution in [2.24, 2.45) is 0 Å². The SMILES string of the molecule is COC(C)C(CN1C=CN(C)C1)OC. The van der Waals surface area contributed by atoms with E-state index in [1.807, 2.05) is 6.92 Å². The lowest BCUT2D eigenvalue weighted by Crippen LogP contribution is -2.38. The Bertz CT molecular complexity index is 197. The highest BCUT2D eigenvalue weighted by molar-refractivity contribution is 4.90. The largest absolute Gasteiger partial charge is 0.379 e. The summed E-state index contributed by atoms with van der Waals surface area (Å²) in [5.74, 6) is 0. The molecule has 0 saturated carbocycles. The van der Waals surface area contributed by atoms with Crippen molar-refractivity contribution < 1.29 is 9.47 Å². The van der Waals surface area contributed by atoms with E-state index in [0.717, 1.165) is 13.2 Å². The topological polar surface area (TPSA) is 24.9 Å². The van der Waals surface area contributed by atoms with Gasteiger partial charge in [0.1, 0.15) is 6.10 Å². The normalized spacial score (nSPS) is 20.3. The van der Waals surface area contributed by atoms with Gasteiger partial charge >= 0.3 is 0 Å². The number of nitrogens with zero attached hydrogens (tertiary/aromatic N) is 2. The molecule has 0 spiro atoms. The van der Waals surface area contributed by atoms with Crippen LogP contribution in [-0.4, -0.2) is 56.5 Å². The van der Waals surface area contributed by atoms with Crippen molar-refractivity contribution >= 4 is 0 Å².